The van der Waals surface area contributed by atoms with Crippen LogP contribution in [0.2, 0.25) is 0 Å². The van der Waals surface area contributed by atoms with E-state index in [-0.39, 0.29) is 12.5 Å². The number of para-hydroxylation sites is 1. The molecule has 5 heteroatoms. The molecule has 0 aliphatic carbocycles. The minimum atomic E-state index is -0.345. The highest BCUT2D eigenvalue weighted by atomic mass is 16.5. The Kier molecular flexibility index (Phi) is 5.26. The second-order valence-corrected chi connectivity index (χ2v) is 5.39. The summed E-state index contributed by atoms with van der Waals surface area (Å²) in [6.45, 7) is 1.71. The lowest BCUT2D eigenvalue weighted by molar-refractivity contribution is -0.123. The van der Waals surface area contributed by atoms with Gasteiger partial charge in [0.05, 0.1) is 6.21 Å². The normalized spacial score (nSPS) is 10.8. The lowest BCUT2D eigenvalue weighted by Gasteiger charge is -2.10. The molecule has 25 heavy (non-hydrogen) atoms. The van der Waals surface area contributed by atoms with Crippen LogP contribution in [0.1, 0.15) is 11.5 Å². The summed E-state index contributed by atoms with van der Waals surface area (Å²) < 4.78 is 11.0. The third kappa shape index (κ3) is 4.57. The Morgan fingerprint density at radius 1 is 1.08 bits per heavy atom. The summed E-state index contributed by atoms with van der Waals surface area (Å²) in [5, 5.41) is 3.85. The fraction of sp³-hybridized carbons (Fsp3) is 0.100. The van der Waals surface area contributed by atoms with Crippen molar-refractivity contribution in [3.8, 4) is 16.9 Å². The van der Waals surface area contributed by atoms with Gasteiger partial charge in [-0.1, -0.05) is 48.5 Å². The van der Waals surface area contributed by atoms with Crippen molar-refractivity contribution in [1.29, 1.82) is 0 Å². The molecule has 0 aliphatic rings. The minimum Gasteiger partial charge on any atom is -0.483 e. The maximum atomic E-state index is 11.9. The van der Waals surface area contributed by atoms with E-state index in [0.717, 1.165) is 16.9 Å². The van der Waals surface area contributed by atoms with Crippen molar-refractivity contribution in [1.82, 2.24) is 5.43 Å². The van der Waals surface area contributed by atoms with Gasteiger partial charge in [0.15, 0.2) is 6.61 Å². The van der Waals surface area contributed by atoms with Crippen molar-refractivity contribution in [2.45, 2.75) is 6.92 Å². The van der Waals surface area contributed by atoms with Crippen molar-refractivity contribution >= 4 is 12.1 Å². The van der Waals surface area contributed by atoms with E-state index in [2.05, 4.69) is 10.5 Å². The third-order valence-electron chi connectivity index (χ3n) is 3.47. The van der Waals surface area contributed by atoms with E-state index < -0.39 is 0 Å². The average Bonchev–Trinajstić information content (AvgIpc) is 3.06. The number of hydrogen-bond acceptors (Lipinski definition) is 4. The molecule has 0 unspecified atom stereocenters. The fourth-order valence-corrected chi connectivity index (χ4v) is 2.31. The summed E-state index contributed by atoms with van der Waals surface area (Å²) in [6, 6.07) is 21.1. The van der Waals surface area contributed by atoms with Crippen LogP contribution in [0.5, 0.6) is 5.75 Å². The molecule has 3 rings (SSSR count). The molecule has 1 N–H and O–H groups in total. The number of ether oxygens (including phenoxy) is 1. The molecule has 1 aromatic heterocycles. The van der Waals surface area contributed by atoms with Gasteiger partial charge in [-0.25, -0.2) is 5.43 Å². The maximum absolute atomic E-state index is 11.9. The summed E-state index contributed by atoms with van der Waals surface area (Å²) in [5.74, 6) is 1.67. The van der Waals surface area contributed by atoms with Crippen LogP contribution >= 0.6 is 0 Å². The first-order chi connectivity index (χ1) is 12.2. The van der Waals surface area contributed by atoms with E-state index >= 15 is 0 Å². The molecule has 0 saturated carbocycles. The van der Waals surface area contributed by atoms with Crippen molar-refractivity contribution < 1.29 is 13.9 Å². The quantitative estimate of drug-likeness (QED) is 0.551. The number of hydrogen-bond donors (Lipinski definition) is 1. The Bertz CT molecular complexity index is 869. The van der Waals surface area contributed by atoms with Crippen LogP contribution in [-0.2, 0) is 4.79 Å². The Hall–Kier alpha value is -3.34. The summed E-state index contributed by atoms with van der Waals surface area (Å²) in [6.07, 6.45) is 1.45. The molecule has 2 aromatic carbocycles. The Morgan fingerprint density at radius 2 is 1.84 bits per heavy atom. The van der Waals surface area contributed by atoms with Crippen LogP contribution in [-0.4, -0.2) is 18.7 Å². The maximum Gasteiger partial charge on any atom is 0.277 e. The molecule has 1 heterocycles. The van der Waals surface area contributed by atoms with Crippen LogP contribution in [0.3, 0.4) is 0 Å². The molecule has 0 bridgehead atoms. The lowest BCUT2D eigenvalue weighted by atomic mass is 10.1. The topological polar surface area (TPSA) is 63.8 Å². The number of aryl methyl sites for hydroxylation is 1. The molecule has 1 amide bonds. The lowest BCUT2D eigenvalue weighted by Crippen LogP contribution is -2.24. The number of benzene rings is 2. The molecule has 0 aliphatic heterocycles. The number of nitrogens with zero attached hydrogens (tertiary/aromatic N) is 1. The largest absolute Gasteiger partial charge is 0.483 e. The molecular formula is C20H18N2O3. The highest BCUT2D eigenvalue weighted by molar-refractivity contribution is 5.81. The predicted octanol–water partition coefficient (Wildman–Crippen LogP) is 3.78. The van der Waals surface area contributed by atoms with Gasteiger partial charge in [-0.2, -0.15) is 5.10 Å². The summed E-state index contributed by atoms with van der Waals surface area (Å²) in [4.78, 5) is 11.9. The Labute approximate surface area is 145 Å². The summed E-state index contributed by atoms with van der Waals surface area (Å²) in [5.41, 5.74) is 4.38. The van der Waals surface area contributed by atoms with Crippen LogP contribution in [0, 0.1) is 6.92 Å². The van der Waals surface area contributed by atoms with E-state index in [9.17, 15) is 4.79 Å². The first-order valence-electron chi connectivity index (χ1n) is 7.88. The fourth-order valence-electron chi connectivity index (χ4n) is 2.31. The molecular weight excluding hydrogens is 316 g/mol. The van der Waals surface area contributed by atoms with Crippen molar-refractivity contribution in [2.75, 3.05) is 6.61 Å². The molecule has 0 saturated heterocycles. The van der Waals surface area contributed by atoms with Crippen molar-refractivity contribution in [2.24, 2.45) is 5.10 Å². The number of hydrazone groups is 1. The third-order valence-corrected chi connectivity index (χ3v) is 3.47. The van der Waals surface area contributed by atoms with Crippen molar-refractivity contribution in [3.63, 3.8) is 0 Å². The minimum absolute atomic E-state index is 0.127. The van der Waals surface area contributed by atoms with Gasteiger partial charge >= 0.3 is 0 Å². The van der Waals surface area contributed by atoms with E-state index in [1.54, 1.807) is 6.07 Å². The van der Waals surface area contributed by atoms with E-state index in [1.807, 2.05) is 67.6 Å². The van der Waals surface area contributed by atoms with Crippen LogP contribution in [0.4, 0.5) is 0 Å². The second-order valence-electron chi connectivity index (χ2n) is 5.39. The van der Waals surface area contributed by atoms with Crippen LogP contribution in [0.25, 0.3) is 11.1 Å². The second kappa shape index (κ2) is 7.97. The van der Waals surface area contributed by atoms with Gasteiger partial charge < -0.3 is 9.15 Å². The number of carbonyl (C=O) groups excluding carboxylic acids is 1. The number of nitrogens with one attached hydrogen (secondary N) is 1. The zero-order valence-corrected chi connectivity index (χ0v) is 13.8. The standard InChI is InChI=1S/C20H18N2O3/c1-15-11-12-17(25-15)13-21-22-20(23)14-24-19-10-6-5-9-18(19)16-7-3-2-4-8-16/h2-13H,14H2,1H3,(H,22,23)/b21-13-. The van der Waals surface area contributed by atoms with Crippen LogP contribution < -0.4 is 10.2 Å². The predicted molar refractivity (Wildman–Crippen MR) is 96.6 cm³/mol. The number of furan rings is 1. The molecule has 126 valence electrons. The average molecular weight is 334 g/mol. The smallest absolute Gasteiger partial charge is 0.277 e. The van der Waals surface area contributed by atoms with Gasteiger partial charge in [-0.3, -0.25) is 4.79 Å². The first kappa shape index (κ1) is 16.5. The van der Waals surface area contributed by atoms with Gasteiger partial charge in [0.1, 0.15) is 17.3 Å². The van der Waals surface area contributed by atoms with E-state index in [4.69, 9.17) is 9.15 Å². The zero-order valence-electron chi connectivity index (χ0n) is 13.8. The van der Waals surface area contributed by atoms with Gasteiger partial charge in [0.25, 0.3) is 5.91 Å². The van der Waals surface area contributed by atoms with Gasteiger partial charge in [-0.05, 0) is 30.7 Å². The van der Waals surface area contributed by atoms with Gasteiger partial charge in [0.2, 0.25) is 0 Å². The Morgan fingerprint density at radius 3 is 2.60 bits per heavy atom. The first-order valence-corrected chi connectivity index (χ1v) is 7.88. The number of carbonyl (C=O) groups is 1. The summed E-state index contributed by atoms with van der Waals surface area (Å²) in [7, 11) is 0. The van der Waals surface area contributed by atoms with Gasteiger partial charge in [0, 0.05) is 5.56 Å². The summed E-state index contributed by atoms with van der Waals surface area (Å²) >= 11 is 0. The highest BCUT2D eigenvalue weighted by Gasteiger charge is 2.07. The number of amides is 1. The molecule has 5 nitrogen and oxygen atoms in total. The molecule has 0 fully saturated rings. The molecule has 0 atom stereocenters. The van der Waals surface area contributed by atoms with Crippen LogP contribution in [0.15, 0.2) is 76.2 Å². The zero-order chi connectivity index (χ0) is 17.5. The molecule has 3 aromatic rings. The molecule has 0 radical (unpaired) electrons. The van der Waals surface area contributed by atoms with Crippen molar-refractivity contribution in [3.05, 3.63) is 78.3 Å². The van der Waals surface area contributed by atoms with E-state index in [1.165, 1.54) is 6.21 Å². The Balaban J connectivity index is 1.58. The van der Waals surface area contributed by atoms with E-state index in [0.29, 0.717) is 11.5 Å². The number of rotatable bonds is 6. The monoisotopic (exact) mass is 334 g/mol. The van der Waals surface area contributed by atoms with Gasteiger partial charge in [-0.15, -0.1) is 0 Å². The molecule has 0 spiro atoms. The SMILES string of the molecule is Cc1ccc(/C=N\NC(=O)COc2ccccc2-c2ccccc2)o1. The highest BCUT2D eigenvalue weighted by Crippen LogP contribution is 2.29.